The zero-order valence-corrected chi connectivity index (χ0v) is 16.0. The number of amides is 1. The normalized spacial score (nSPS) is 13.7. The van der Waals surface area contributed by atoms with E-state index in [4.69, 9.17) is 16.3 Å². The number of benzene rings is 2. The van der Waals surface area contributed by atoms with E-state index < -0.39 is 0 Å². The summed E-state index contributed by atoms with van der Waals surface area (Å²) in [5, 5.41) is 1.40. The second-order valence-electron chi connectivity index (χ2n) is 6.85. The van der Waals surface area contributed by atoms with Gasteiger partial charge in [-0.1, -0.05) is 17.7 Å². The standard InChI is InChI=1S/C21H20ClFN2O2/c1-24-19-6-4-14(23)10-16(19)17-12-25(8-7-20(17)24)21(26)9-13-3-5-15(27-2)11-18(13)22/h3-6,10-11H,7-9,12H2,1-2H3. The molecule has 0 N–H and O–H groups in total. The molecule has 1 aliphatic rings. The first-order chi connectivity index (χ1) is 13.0. The van der Waals surface area contributed by atoms with Gasteiger partial charge < -0.3 is 14.2 Å². The Morgan fingerprint density at radius 1 is 1.26 bits per heavy atom. The molecule has 2 heterocycles. The number of nitrogens with zero attached hydrogens (tertiary/aromatic N) is 2. The molecule has 3 aromatic rings. The molecule has 1 aromatic heterocycles. The van der Waals surface area contributed by atoms with Crippen molar-refractivity contribution >= 4 is 28.4 Å². The summed E-state index contributed by atoms with van der Waals surface area (Å²) >= 11 is 6.28. The summed E-state index contributed by atoms with van der Waals surface area (Å²) in [5.74, 6) is 0.419. The number of aromatic nitrogens is 1. The number of ether oxygens (including phenoxy) is 1. The highest BCUT2D eigenvalue weighted by atomic mass is 35.5. The minimum atomic E-state index is -0.260. The summed E-state index contributed by atoms with van der Waals surface area (Å²) in [7, 11) is 3.57. The molecule has 0 saturated heterocycles. The summed E-state index contributed by atoms with van der Waals surface area (Å²) in [6.45, 7) is 1.13. The van der Waals surface area contributed by atoms with Crippen LogP contribution in [0.5, 0.6) is 5.75 Å². The van der Waals surface area contributed by atoms with Crippen molar-refractivity contribution in [1.29, 1.82) is 0 Å². The number of halogens is 2. The van der Waals surface area contributed by atoms with Crippen LogP contribution in [-0.4, -0.2) is 29.0 Å². The maximum Gasteiger partial charge on any atom is 0.227 e. The molecule has 0 atom stereocenters. The third-order valence-corrected chi connectivity index (χ3v) is 5.67. The molecule has 4 nitrogen and oxygen atoms in total. The lowest BCUT2D eigenvalue weighted by atomic mass is 10.0. The zero-order chi connectivity index (χ0) is 19.1. The summed E-state index contributed by atoms with van der Waals surface area (Å²) in [4.78, 5) is 14.7. The van der Waals surface area contributed by atoms with Gasteiger partial charge in [0.05, 0.1) is 13.5 Å². The second kappa shape index (κ2) is 6.89. The van der Waals surface area contributed by atoms with Crippen molar-refractivity contribution in [3.05, 3.63) is 64.1 Å². The lowest BCUT2D eigenvalue weighted by molar-refractivity contribution is -0.131. The molecule has 1 aliphatic heterocycles. The van der Waals surface area contributed by atoms with Crippen LogP contribution in [0.4, 0.5) is 4.39 Å². The Balaban J connectivity index is 1.59. The van der Waals surface area contributed by atoms with Crippen molar-refractivity contribution in [2.45, 2.75) is 19.4 Å². The maximum atomic E-state index is 13.8. The number of carbonyl (C=O) groups excluding carboxylic acids is 1. The molecule has 0 radical (unpaired) electrons. The van der Waals surface area contributed by atoms with Crippen LogP contribution in [0, 0.1) is 5.82 Å². The Morgan fingerprint density at radius 2 is 2.07 bits per heavy atom. The third kappa shape index (κ3) is 3.16. The molecular formula is C21H20ClFN2O2. The van der Waals surface area contributed by atoms with Crippen LogP contribution < -0.4 is 4.74 Å². The van der Waals surface area contributed by atoms with Gasteiger partial charge in [0.2, 0.25) is 5.91 Å². The molecule has 27 heavy (non-hydrogen) atoms. The van der Waals surface area contributed by atoms with E-state index in [9.17, 15) is 9.18 Å². The molecule has 0 spiro atoms. The Labute approximate surface area is 162 Å². The summed E-state index contributed by atoms with van der Waals surface area (Å²) in [6, 6.07) is 10.2. The molecular weight excluding hydrogens is 367 g/mol. The van der Waals surface area contributed by atoms with Crippen molar-refractivity contribution in [1.82, 2.24) is 9.47 Å². The van der Waals surface area contributed by atoms with E-state index in [2.05, 4.69) is 4.57 Å². The Morgan fingerprint density at radius 3 is 2.81 bits per heavy atom. The first-order valence-electron chi connectivity index (χ1n) is 8.84. The van der Waals surface area contributed by atoms with Crippen molar-refractivity contribution < 1.29 is 13.9 Å². The van der Waals surface area contributed by atoms with E-state index in [1.807, 2.05) is 18.0 Å². The van der Waals surface area contributed by atoms with Gasteiger partial charge in [-0.2, -0.15) is 0 Å². The predicted octanol–water partition coefficient (Wildman–Crippen LogP) is 4.11. The molecule has 2 aromatic carbocycles. The average molecular weight is 387 g/mol. The van der Waals surface area contributed by atoms with Crippen LogP contribution in [0.3, 0.4) is 0 Å². The van der Waals surface area contributed by atoms with Gasteiger partial charge in [-0.05, 0) is 35.9 Å². The highest BCUT2D eigenvalue weighted by molar-refractivity contribution is 6.31. The van der Waals surface area contributed by atoms with Crippen LogP contribution >= 0.6 is 11.6 Å². The smallest absolute Gasteiger partial charge is 0.227 e. The van der Waals surface area contributed by atoms with Gasteiger partial charge in [-0.25, -0.2) is 4.39 Å². The Bertz CT molecular complexity index is 1040. The molecule has 1 amide bonds. The first-order valence-corrected chi connectivity index (χ1v) is 9.21. The van der Waals surface area contributed by atoms with Crippen molar-refractivity contribution in [2.75, 3.05) is 13.7 Å². The van der Waals surface area contributed by atoms with E-state index >= 15 is 0 Å². The van der Waals surface area contributed by atoms with Crippen LogP contribution in [-0.2, 0) is 31.2 Å². The SMILES string of the molecule is COc1ccc(CC(=O)N2CCc3c(c4cc(F)ccc4n3C)C2)c(Cl)c1. The molecule has 6 heteroatoms. The summed E-state index contributed by atoms with van der Waals surface area (Å²) < 4.78 is 21.0. The molecule has 0 saturated carbocycles. The summed E-state index contributed by atoms with van der Waals surface area (Å²) in [5.41, 5.74) is 3.97. The average Bonchev–Trinajstić information content (AvgIpc) is 2.94. The molecule has 140 valence electrons. The van der Waals surface area contributed by atoms with E-state index in [1.54, 1.807) is 31.4 Å². The third-order valence-electron chi connectivity index (χ3n) is 5.32. The number of rotatable bonds is 3. The second-order valence-corrected chi connectivity index (χ2v) is 7.25. The van der Waals surface area contributed by atoms with Crippen molar-refractivity contribution in [3.8, 4) is 5.75 Å². The number of hydrogen-bond acceptors (Lipinski definition) is 2. The van der Waals surface area contributed by atoms with Gasteiger partial charge in [0, 0.05) is 53.7 Å². The Kier molecular flexibility index (Phi) is 4.56. The van der Waals surface area contributed by atoms with Gasteiger partial charge in [0.15, 0.2) is 0 Å². The highest BCUT2D eigenvalue weighted by Crippen LogP contribution is 2.31. The van der Waals surface area contributed by atoms with E-state index in [1.165, 1.54) is 11.8 Å². The predicted molar refractivity (Wildman–Crippen MR) is 104 cm³/mol. The van der Waals surface area contributed by atoms with E-state index in [0.29, 0.717) is 23.9 Å². The lowest BCUT2D eigenvalue weighted by Crippen LogP contribution is -2.37. The molecule has 0 aliphatic carbocycles. The van der Waals surface area contributed by atoms with Gasteiger partial charge >= 0.3 is 0 Å². The zero-order valence-electron chi connectivity index (χ0n) is 15.3. The molecule has 4 rings (SSSR count). The fourth-order valence-corrected chi connectivity index (χ4v) is 4.07. The van der Waals surface area contributed by atoms with Crippen molar-refractivity contribution in [3.63, 3.8) is 0 Å². The van der Waals surface area contributed by atoms with Gasteiger partial charge in [0.1, 0.15) is 11.6 Å². The fraction of sp³-hybridized carbons (Fsp3) is 0.286. The number of methoxy groups -OCH3 is 1. The van der Waals surface area contributed by atoms with Gasteiger partial charge in [0.25, 0.3) is 0 Å². The molecule has 0 fully saturated rings. The highest BCUT2D eigenvalue weighted by Gasteiger charge is 2.26. The quantitative estimate of drug-likeness (QED) is 0.679. The van der Waals surface area contributed by atoms with E-state index in [-0.39, 0.29) is 18.1 Å². The minimum Gasteiger partial charge on any atom is -0.497 e. The van der Waals surface area contributed by atoms with Crippen LogP contribution in [0.2, 0.25) is 5.02 Å². The number of carbonyl (C=O) groups is 1. The molecule has 0 bridgehead atoms. The van der Waals surface area contributed by atoms with E-state index in [0.717, 1.165) is 28.5 Å². The molecule has 0 unspecified atom stereocenters. The lowest BCUT2D eigenvalue weighted by Gasteiger charge is -2.28. The summed E-state index contributed by atoms with van der Waals surface area (Å²) in [6.07, 6.45) is 0.988. The topological polar surface area (TPSA) is 34.5 Å². The number of aryl methyl sites for hydroxylation is 1. The number of fused-ring (bicyclic) bond motifs is 3. The van der Waals surface area contributed by atoms with Gasteiger partial charge in [-0.3, -0.25) is 4.79 Å². The van der Waals surface area contributed by atoms with Gasteiger partial charge in [-0.15, -0.1) is 0 Å². The van der Waals surface area contributed by atoms with Crippen LogP contribution in [0.15, 0.2) is 36.4 Å². The number of hydrogen-bond donors (Lipinski definition) is 0. The minimum absolute atomic E-state index is 0.0149. The van der Waals surface area contributed by atoms with Crippen LogP contribution in [0.1, 0.15) is 16.8 Å². The maximum absolute atomic E-state index is 13.8. The monoisotopic (exact) mass is 386 g/mol. The van der Waals surface area contributed by atoms with Crippen LogP contribution in [0.25, 0.3) is 10.9 Å². The first kappa shape index (κ1) is 17.9. The van der Waals surface area contributed by atoms with Crippen molar-refractivity contribution in [2.24, 2.45) is 7.05 Å². The fourth-order valence-electron chi connectivity index (χ4n) is 3.84. The Hall–Kier alpha value is -2.53. The largest absolute Gasteiger partial charge is 0.497 e.